The molecule has 1 N–H and O–H groups in total. The number of aryl methyl sites for hydroxylation is 2. The molecule has 0 saturated carbocycles. The van der Waals surface area contributed by atoms with Crippen molar-refractivity contribution in [2.75, 3.05) is 5.32 Å². The van der Waals surface area contributed by atoms with E-state index in [1.54, 1.807) is 33.8 Å². The number of anilines is 1. The number of carbonyl (C=O) groups excluding carboxylic acids is 1. The Kier molecular flexibility index (Phi) is 5.26. The largest absolute Gasteiger partial charge is 0.306 e. The van der Waals surface area contributed by atoms with E-state index in [9.17, 15) is 4.79 Å². The van der Waals surface area contributed by atoms with Crippen LogP contribution in [0.3, 0.4) is 0 Å². The van der Waals surface area contributed by atoms with Gasteiger partial charge in [0.15, 0.2) is 11.5 Å². The van der Waals surface area contributed by atoms with E-state index in [0.717, 1.165) is 26.8 Å². The second-order valence-electron chi connectivity index (χ2n) is 7.76. The summed E-state index contributed by atoms with van der Waals surface area (Å²) in [5.41, 5.74) is 5.18. The minimum Gasteiger partial charge on any atom is -0.306 e. The zero-order chi connectivity index (χ0) is 23.1. The van der Waals surface area contributed by atoms with Crippen LogP contribution in [0, 0.1) is 20.8 Å². The maximum atomic E-state index is 12.9. The van der Waals surface area contributed by atoms with Gasteiger partial charge in [0.2, 0.25) is 0 Å². The molecule has 3 aromatic heterocycles. The van der Waals surface area contributed by atoms with Gasteiger partial charge in [-0.3, -0.25) is 4.79 Å². The van der Waals surface area contributed by atoms with E-state index < -0.39 is 0 Å². The lowest BCUT2D eigenvalue weighted by Crippen LogP contribution is -2.15. The molecule has 0 radical (unpaired) electrons. The van der Waals surface area contributed by atoms with E-state index >= 15 is 0 Å². The summed E-state index contributed by atoms with van der Waals surface area (Å²) in [5.74, 6) is 0.806. The van der Waals surface area contributed by atoms with Gasteiger partial charge >= 0.3 is 0 Å². The lowest BCUT2D eigenvalue weighted by molar-refractivity contribution is 0.102. The van der Waals surface area contributed by atoms with Crippen LogP contribution in [0.15, 0.2) is 65.5 Å². The molecule has 0 unspecified atom stereocenters. The molecule has 0 saturated heterocycles. The monoisotopic (exact) mass is 501 g/mol. The number of halogens is 1. The van der Waals surface area contributed by atoms with Gasteiger partial charge in [-0.1, -0.05) is 34.1 Å². The molecule has 0 aliphatic rings. The Hall–Kier alpha value is -3.85. The number of nitrogens with zero attached hydrogens (tertiary/aromatic N) is 6. The van der Waals surface area contributed by atoms with Crippen molar-refractivity contribution in [1.82, 2.24) is 29.5 Å². The predicted molar refractivity (Wildman–Crippen MR) is 130 cm³/mol. The van der Waals surface area contributed by atoms with Gasteiger partial charge in [-0.15, -0.1) is 0 Å². The second kappa shape index (κ2) is 8.25. The van der Waals surface area contributed by atoms with Crippen molar-refractivity contribution in [1.29, 1.82) is 0 Å². The van der Waals surface area contributed by atoms with Crippen LogP contribution in [0.5, 0.6) is 0 Å². The molecule has 8 nitrogen and oxygen atoms in total. The Bertz CT molecular complexity index is 1520. The maximum absolute atomic E-state index is 12.9. The van der Waals surface area contributed by atoms with Gasteiger partial charge in [-0.2, -0.15) is 14.9 Å². The number of fused-ring (bicyclic) bond motifs is 1. The smallest absolute Gasteiger partial charge is 0.256 e. The summed E-state index contributed by atoms with van der Waals surface area (Å²) in [6.07, 6.45) is 3.21. The van der Waals surface area contributed by atoms with Crippen LogP contribution in [-0.2, 0) is 0 Å². The molecule has 0 fully saturated rings. The Morgan fingerprint density at radius 1 is 1.00 bits per heavy atom. The summed E-state index contributed by atoms with van der Waals surface area (Å²) < 4.78 is 4.25. The highest BCUT2D eigenvalue weighted by atomic mass is 79.9. The summed E-state index contributed by atoms with van der Waals surface area (Å²) in [6, 6.07) is 15.1. The second-order valence-corrected chi connectivity index (χ2v) is 8.67. The number of benzene rings is 2. The highest BCUT2D eigenvalue weighted by Gasteiger charge is 2.19. The van der Waals surface area contributed by atoms with Crippen molar-refractivity contribution in [3.05, 3.63) is 87.9 Å². The summed E-state index contributed by atoms with van der Waals surface area (Å²) in [7, 11) is 0. The van der Waals surface area contributed by atoms with Gasteiger partial charge in [-0.25, -0.2) is 14.6 Å². The lowest BCUT2D eigenvalue weighted by atomic mass is 10.1. The van der Waals surface area contributed by atoms with Crippen LogP contribution in [0.4, 0.5) is 5.82 Å². The standard InChI is InChI=1S/C24H20BrN7O/c1-14-6-4-9-20(16(14)3)31-22-19(12-28-31)23(27-13-26-22)32-21(10-15(2)30-32)29-24(33)17-7-5-8-18(25)11-17/h4-13H,1-3H3,(H,29,33). The van der Waals surface area contributed by atoms with Crippen molar-refractivity contribution in [3.63, 3.8) is 0 Å². The fourth-order valence-corrected chi connectivity index (χ4v) is 4.11. The highest BCUT2D eigenvalue weighted by Crippen LogP contribution is 2.26. The predicted octanol–water partition coefficient (Wildman–Crippen LogP) is 4.94. The molecule has 3 heterocycles. The normalized spacial score (nSPS) is 11.2. The first-order valence-corrected chi connectivity index (χ1v) is 11.1. The van der Waals surface area contributed by atoms with Gasteiger partial charge in [0.1, 0.15) is 12.1 Å². The van der Waals surface area contributed by atoms with E-state index in [2.05, 4.69) is 61.3 Å². The summed E-state index contributed by atoms with van der Waals surface area (Å²) in [6.45, 7) is 5.99. The number of hydrogen-bond acceptors (Lipinski definition) is 5. The van der Waals surface area contributed by atoms with Crippen molar-refractivity contribution in [2.45, 2.75) is 20.8 Å². The minimum atomic E-state index is -0.242. The minimum absolute atomic E-state index is 0.242. The van der Waals surface area contributed by atoms with Gasteiger partial charge in [0.05, 0.1) is 23.0 Å². The number of rotatable bonds is 4. The molecule has 164 valence electrons. The summed E-state index contributed by atoms with van der Waals surface area (Å²) in [5, 5.41) is 12.8. The van der Waals surface area contributed by atoms with Crippen molar-refractivity contribution < 1.29 is 4.79 Å². The van der Waals surface area contributed by atoms with E-state index in [-0.39, 0.29) is 5.91 Å². The Labute approximate surface area is 198 Å². The zero-order valence-corrected chi connectivity index (χ0v) is 19.8. The van der Waals surface area contributed by atoms with Crippen LogP contribution in [0.2, 0.25) is 0 Å². The van der Waals surface area contributed by atoms with Crippen molar-refractivity contribution in [2.24, 2.45) is 0 Å². The van der Waals surface area contributed by atoms with Crippen molar-refractivity contribution >= 4 is 38.7 Å². The molecule has 5 aromatic rings. The summed E-state index contributed by atoms with van der Waals surface area (Å²) >= 11 is 3.41. The van der Waals surface area contributed by atoms with E-state index in [1.165, 1.54) is 11.9 Å². The molecule has 2 aromatic carbocycles. The Morgan fingerprint density at radius 3 is 2.64 bits per heavy atom. The first-order valence-electron chi connectivity index (χ1n) is 10.3. The average molecular weight is 502 g/mol. The third-order valence-electron chi connectivity index (χ3n) is 5.51. The van der Waals surface area contributed by atoms with Crippen LogP contribution in [0.1, 0.15) is 27.2 Å². The maximum Gasteiger partial charge on any atom is 0.256 e. The fraction of sp³-hybridized carbons (Fsp3) is 0.125. The molecule has 1 amide bonds. The molecule has 0 bridgehead atoms. The Balaban J connectivity index is 1.59. The molecular weight excluding hydrogens is 482 g/mol. The number of carbonyl (C=O) groups is 1. The first kappa shape index (κ1) is 21.0. The Morgan fingerprint density at radius 2 is 1.82 bits per heavy atom. The zero-order valence-electron chi connectivity index (χ0n) is 18.2. The number of amides is 1. The molecule has 0 atom stereocenters. The molecule has 0 spiro atoms. The van der Waals surface area contributed by atoms with Gasteiger partial charge in [0.25, 0.3) is 5.91 Å². The average Bonchev–Trinajstić information content (AvgIpc) is 3.39. The topological polar surface area (TPSA) is 90.5 Å². The molecule has 5 rings (SSSR count). The van der Waals surface area contributed by atoms with E-state index in [1.807, 2.05) is 31.2 Å². The van der Waals surface area contributed by atoms with Crippen molar-refractivity contribution in [3.8, 4) is 11.5 Å². The SMILES string of the molecule is Cc1cc(NC(=O)c2cccc(Br)c2)n(-c2ncnc3c2cnn3-c2cccc(C)c2C)n1. The lowest BCUT2D eigenvalue weighted by Gasteiger charge is -2.11. The third-order valence-corrected chi connectivity index (χ3v) is 6.00. The molecule has 9 heteroatoms. The number of aromatic nitrogens is 6. The van der Waals surface area contributed by atoms with Crippen LogP contribution >= 0.6 is 15.9 Å². The molecule has 0 aliphatic heterocycles. The van der Waals surface area contributed by atoms with Crippen LogP contribution in [0.25, 0.3) is 22.5 Å². The van der Waals surface area contributed by atoms with E-state index in [0.29, 0.717) is 22.8 Å². The van der Waals surface area contributed by atoms with E-state index in [4.69, 9.17) is 0 Å². The third kappa shape index (κ3) is 3.80. The van der Waals surface area contributed by atoms with Gasteiger partial charge < -0.3 is 5.32 Å². The quantitative estimate of drug-likeness (QED) is 0.376. The van der Waals surface area contributed by atoms with Crippen LogP contribution < -0.4 is 5.32 Å². The number of hydrogen-bond donors (Lipinski definition) is 1. The van der Waals surface area contributed by atoms with Crippen LogP contribution in [-0.4, -0.2) is 35.4 Å². The molecule has 0 aliphatic carbocycles. The number of nitrogens with one attached hydrogen (secondary N) is 1. The molecule has 33 heavy (non-hydrogen) atoms. The molecular formula is C24H20BrN7O. The fourth-order valence-electron chi connectivity index (χ4n) is 3.71. The first-order chi connectivity index (χ1) is 15.9. The van der Waals surface area contributed by atoms with Gasteiger partial charge in [-0.05, 0) is 56.2 Å². The van der Waals surface area contributed by atoms with Gasteiger partial charge in [0, 0.05) is 16.1 Å². The summed E-state index contributed by atoms with van der Waals surface area (Å²) in [4.78, 5) is 21.8. The highest BCUT2D eigenvalue weighted by molar-refractivity contribution is 9.10.